The number of rotatable bonds is 0. The van der Waals surface area contributed by atoms with E-state index in [9.17, 15) is 9.90 Å². The number of pyridine rings is 1. The molecule has 0 bridgehead atoms. The topological polar surface area (TPSA) is 69.9 Å². The van der Waals surface area contributed by atoms with E-state index < -0.39 is 11.7 Å². The first kappa shape index (κ1) is 13.5. The zero-order chi connectivity index (χ0) is 15.6. The first-order chi connectivity index (χ1) is 10.4. The second kappa shape index (κ2) is 4.16. The van der Waals surface area contributed by atoms with E-state index in [0.717, 1.165) is 0 Å². The number of aliphatic hydroxyl groups is 1. The fourth-order valence-corrected chi connectivity index (χ4v) is 3.10. The van der Waals surface area contributed by atoms with Gasteiger partial charge in [0.05, 0.1) is 17.1 Å². The molecule has 2 aliphatic rings. The van der Waals surface area contributed by atoms with Gasteiger partial charge in [0.1, 0.15) is 11.1 Å². The monoisotopic (exact) mass is 303 g/mol. The van der Waals surface area contributed by atoms with Gasteiger partial charge >= 0.3 is 0 Å². The summed E-state index contributed by atoms with van der Waals surface area (Å²) in [5, 5.41) is 10.8. The molecule has 0 spiro atoms. The van der Waals surface area contributed by atoms with Crippen LogP contribution in [0.3, 0.4) is 0 Å². The van der Waals surface area contributed by atoms with Crippen LogP contribution in [0.5, 0.6) is 17.4 Å². The van der Waals surface area contributed by atoms with Crippen molar-refractivity contribution in [3.8, 4) is 17.4 Å². The first-order valence-corrected chi connectivity index (χ1v) is 7.21. The summed E-state index contributed by atoms with van der Waals surface area (Å²) in [6, 6.07) is 3.47. The number of aliphatic hydroxyl groups excluding tert-OH is 1. The van der Waals surface area contributed by atoms with Gasteiger partial charge in [-0.15, -0.1) is 0 Å². The zero-order valence-electron chi connectivity index (χ0n) is 12.7. The standard InChI is InChI=1S/C16H17NO5/c1-16(2)11(18)6-9-13(19)8-4-5-10-14(21-7-20-10)12(8)17(3)15(9)22-16/h4-5,11,18H,6-7H2,1-3H3. The van der Waals surface area contributed by atoms with Crippen LogP contribution in [0.1, 0.15) is 19.4 Å². The second-order valence-electron chi connectivity index (χ2n) is 6.29. The Morgan fingerprint density at radius 2 is 2.09 bits per heavy atom. The summed E-state index contributed by atoms with van der Waals surface area (Å²) in [6.45, 7) is 3.76. The Bertz CT molecular complexity index is 852. The third-order valence-electron chi connectivity index (χ3n) is 4.49. The molecule has 0 fully saturated rings. The summed E-state index contributed by atoms with van der Waals surface area (Å²) < 4.78 is 18.7. The fraction of sp³-hybridized carbons (Fsp3) is 0.438. The van der Waals surface area contributed by atoms with Crippen LogP contribution in [0, 0.1) is 0 Å². The van der Waals surface area contributed by atoms with Crippen molar-refractivity contribution < 1.29 is 19.3 Å². The Kier molecular flexibility index (Phi) is 2.55. The highest BCUT2D eigenvalue weighted by atomic mass is 16.7. The summed E-state index contributed by atoms with van der Waals surface area (Å²) in [5.74, 6) is 1.67. The Labute approximate surface area is 126 Å². The number of hydrogen-bond donors (Lipinski definition) is 1. The van der Waals surface area contributed by atoms with Crippen LogP contribution >= 0.6 is 0 Å². The Hall–Kier alpha value is -2.21. The Morgan fingerprint density at radius 3 is 2.86 bits per heavy atom. The van der Waals surface area contributed by atoms with Crippen LogP contribution in [-0.2, 0) is 13.5 Å². The molecule has 1 aromatic heterocycles. The molecular weight excluding hydrogens is 286 g/mol. The van der Waals surface area contributed by atoms with E-state index in [-0.39, 0.29) is 18.6 Å². The number of aromatic nitrogens is 1. The van der Waals surface area contributed by atoms with E-state index in [1.807, 2.05) is 25.5 Å². The molecular formula is C16H17NO5. The van der Waals surface area contributed by atoms with E-state index in [2.05, 4.69) is 0 Å². The Morgan fingerprint density at radius 1 is 1.32 bits per heavy atom. The number of ether oxygens (including phenoxy) is 3. The molecule has 2 aromatic rings. The van der Waals surface area contributed by atoms with Gasteiger partial charge in [0, 0.05) is 13.5 Å². The normalized spacial score (nSPS) is 21.5. The van der Waals surface area contributed by atoms with Crippen LogP contribution < -0.4 is 19.6 Å². The molecule has 6 heteroatoms. The number of fused-ring (bicyclic) bond motifs is 4. The average Bonchev–Trinajstić information content (AvgIpc) is 2.94. The molecule has 1 unspecified atom stereocenters. The molecule has 3 heterocycles. The molecule has 0 amide bonds. The molecule has 4 rings (SSSR count). The number of benzene rings is 1. The maximum Gasteiger partial charge on any atom is 0.231 e. The smallest absolute Gasteiger partial charge is 0.231 e. The molecule has 0 saturated carbocycles. The van der Waals surface area contributed by atoms with Crippen molar-refractivity contribution in [2.75, 3.05) is 6.79 Å². The van der Waals surface area contributed by atoms with Gasteiger partial charge in [-0.3, -0.25) is 4.79 Å². The van der Waals surface area contributed by atoms with E-state index in [0.29, 0.717) is 33.8 Å². The van der Waals surface area contributed by atoms with Gasteiger partial charge in [0.25, 0.3) is 0 Å². The molecule has 0 radical (unpaired) electrons. The highest BCUT2D eigenvalue weighted by Crippen LogP contribution is 2.41. The number of nitrogens with zero attached hydrogens (tertiary/aromatic N) is 1. The summed E-state index contributed by atoms with van der Waals surface area (Å²) >= 11 is 0. The van der Waals surface area contributed by atoms with Crippen molar-refractivity contribution in [1.29, 1.82) is 0 Å². The number of hydrogen-bond acceptors (Lipinski definition) is 5. The summed E-state index contributed by atoms with van der Waals surface area (Å²) in [7, 11) is 1.83. The van der Waals surface area contributed by atoms with Gasteiger partial charge in [-0.2, -0.15) is 0 Å². The fourth-order valence-electron chi connectivity index (χ4n) is 3.10. The van der Waals surface area contributed by atoms with Gasteiger partial charge in [-0.25, -0.2) is 0 Å². The zero-order valence-corrected chi connectivity index (χ0v) is 12.7. The highest BCUT2D eigenvalue weighted by molar-refractivity contribution is 5.89. The summed E-state index contributed by atoms with van der Waals surface area (Å²) in [6.07, 6.45) is -0.446. The van der Waals surface area contributed by atoms with Gasteiger partial charge < -0.3 is 23.9 Å². The molecule has 0 saturated heterocycles. The van der Waals surface area contributed by atoms with Crippen LogP contribution in [0.4, 0.5) is 0 Å². The third kappa shape index (κ3) is 1.61. The van der Waals surface area contributed by atoms with Crippen molar-refractivity contribution in [1.82, 2.24) is 4.57 Å². The maximum absolute atomic E-state index is 12.8. The van der Waals surface area contributed by atoms with Crippen LogP contribution in [-0.4, -0.2) is 28.2 Å². The van der Waals surface area contributed by atoms with Crippen molar-refractivity contribution in [3.05, 3.63) is 27.9 Å². The minimum Gasteiger partial charge on any atom is -0.470 e. The second-order valence-corrected chi connectivity index (χ2v) is 6.29. The van der Waals surface area contributed by atoms with Crippen molar-refractivity contribution in [2.45, 2.75) is 32.0 Å². The van der Waals surface area contributed by atoms with Gasteiger partial charge in [-0.1, -0.05) is 0 Å². The summed E-state index contributed by atoms with van der Waals surface area (Å²) in [5.41, 5.74) is 0.280. The number of aryl methyl sites for hydroxylation is 1. The molecule has 22 heavy (non-hydrogen) atoms. The van der Waals surface area contributed by atoms with Crippen LogP contribution in [0.15, 0.2) is 16.9 Å². The SMILES string of the molecule is Cn1c2c(c(=O)c3ccc4c(c31)OCO4)CC(O)C(C)(C)O2. The lowest BCUT2D eigenvalue weighted by Crippen LogP contribution is -2.48. The van der Waals surface area contributed by atoms with Crippen LogP contribution in [0.2, 0.25) is 0 Å². The quantitative estimate of drug-likeness (QED) is 0.795. The minimum absolute atomic E-state index is 0.129. The van der Waals surface area contributed by atoms with Crippen molar-refractivity contribution in [3.63, 3.8) is 0 Å². The molecule has 1 atom stereocenters. The van der Waals surface area contributed by atoms with Crippen molar-refractivity contribution >= 4 is 10.9 Å². The first-order valence-electron chi connectivity index (χ1n) is 7.21. The lowest BCUT2D eigenvalue weighted by atomic mass is 9.91. The molecule has 1 aromatic carbocycles. The lowest BCUT2D eigenvalue weighted by molar-refractivity contribution is -0.0465. The van der Waals surface area contributed by atoms with E-state index in [1.165, 1.54) is 0 Å². The predicted octanol–water partition coefficient (Wildman–Crippen LogP) is 1.34. The molecule has 1 N–H and O–H groups in total. The van der Waals surface area contributed by atoms with Crippen molar-refractivity contribution in [2.24, 2.45) is 7.05 Å². The third-order valence-corrected chi connectivity index (χ3v) is 4.49. The molecule has 2 aliphatic heterocycles. The lowest BCUT2D eigenvalue weighted by Gasteiger charge is -2.37. The highest BCUT2D eigenvalue weighted by Gasteiger charge is 2.39. The maximum atomic E-state index is 12.8. The minimum atomic E-state index is -0.750. The van der Waals surface area contributed by atoms with Gasteiger partial charge in [0.15, 0.2) is 16.9 Å². The predicted molar refractivity (Wildman–Crippen MR) is 79.7 cm³/mol. The summed E-state index contributed by atoms with van der Waals surface area (Å²) in [4.78, 5) is 12.8. The van der Waals surface area contributed by atoms with Gasteiger partial charge in [0.2, 0.25) is 12.7 Å². The molecule has 0 aliphatic carbocycles. The van der Waals surface area contributed by atoms with E-state index in [4.69, 9.17) is 14.2 Å². The average molecular weight is 303 g/mol. The van der Waals surface area contributed by atoms with E-state index >= 15 is 0 Å². The van der Waals surface area contributed by atoms with E-state index in [1.54, 1.807) is 12.1 Å². The molecule has 116 valence electrons. The largest absolute Gasteiger partial charge is 0.470 e. The van der Waals surface area contributed by atoms with Crippen LogP contribution in [0.25, 0.3) is 10.9 Å². The Balaban J connectivity index is 2.09. The molecule has 6 nitrogen and oxygen atoms in total. The van der Waals surface area contributed by atoms with Gasteiger partial charge in [-0.05, 0) is 26.0 Å².